The van der Waals surface area contributed by atoms with Gasteiger partial charge in [-0.1, -0.05) is 0 Å². The molecule has 7 nitrogen and oxygen atoms in total. The third-order valence-electron chi connectivity index (χ3n) is 2.73. The van der Waals surface area contributed by atoms with Gasteiger partial charge in [-0.25, -0.2) is 0 Å². The summed E-state index contributed by atoms with van der Waals surface area (Å²) in [6.45, 7) is 0. The van der Waals surface area contributed by atoms with Crippen LogP contribution in [0, 0.1) is 0 Å². The SMILES string of the molecule is CNC(=O)[C@@H](CS)NC(=O)[C@@H](CS)NC(=O)[C@@H](CS)NC. The fourth-order valence-corrected chi connectivity index (χ4v) is 2.27. The van der Waals surface area contributed by atoms with Gasteiger partial charge < -0.3 is 21.3 Å². The van der Waals surface area contributed by atoms with E-state index in [1.54, 1.807) is 7.05 Å². The predicted molar refractivity (Wildman–Crippen MR) is 92.3 cm³/mol. The van der Waals surface area contributed by atoms with Gasteiger partial charge in [0, 0.05) is 24.3 Å². The third kappa shape index (κ3) is 6.81. The Balaban J connectivity index is 4.68. The zero-order valence-corrected chi connectivity index (χ0v) is 14.6. The molecule has 0 heterocycles. The summed E-state index contributed by atoms with van der Waals surface area (Å²) < 4.78 is 0. The molecule has 0 aromatic heterocycles. The lowest BCUT2D eigenvalue weighted by molar-refractivity contribution is -0.131. The van der Waals surface area contributed by atoms with E-state index in [2.05, 4.69) is 59.2 Å². The van der Waals surface area contributed by atoms with Crippen molar-refractivity contribution in [3.63, 3.8) is 0 Å². The van der Waals surface area contributed by atoms with E-state index in [1.165, 1.54) is 7.05 Å². The molecule has 0 aliphatic rings. The highest BCUT2D eigenvalue weighted by molar-refractivity contribution is 7.80. The molecule has 21 heavy (non-hydrogen) atoms. The molecule has 0 rings (SSSR count). The number of rotatable bonds is 9. The molecular weight excluding hydrogens is 332 g/mol. The molecule has 4 N–H and O–H groups in total. The van der Waals surface area contributed by atoms with Crippen LogP contribution in [0.4, 0.5) is 0 Å². The molecular formula is C11H22N4O3S3. The van der Waals surface area contributed by atoms with Crippen LogP contribution in [0.5, 0.6) is 0 Å². The van der Waals surface area contributed by atoms with Gasteiger partial charge in [-0.3, -0.25) is 14.4 Å². The molecule has 0 aromatic rings. The summed E-state index contributed by atoms with van der Waals surface area (Å²) in [5, 5.41) is 10.3. The van der Waals surface area contributed by atoms with Crippen molar-refractivity contribution in [2.24, 2.45) is 0 Å². The molecule has 0 unspecified atom stereocenters. The van der Waals surface area contributed by atoms with Crippen LogP contribution in [-0.2, 0) is 14.4 Å². The Kier molecular flexibility index (Phi) is 10.7. The molecule has 0 bridgehead atoms. The Bertz CT molecular complexity index is 367. The summed E-state index contributed by atoms with van der Waals surface area (Å²) in [5.74, 6) is -0.659. The Labute approximate surface area is 141 Å². The van der Waals surface area contributed by atoms with Crippen molar-refractivity contribution in [3.8, 4) is 0 Å². The number of hydrogen-bond acceptors (Lipinski definition) is 7. The Morgan fingerprint density at radius 2 is 1.14 bits per heavy atom. The number of thiol groups is 3. The van der Waals surface area contributed by atoms with Gasteiger partial charge in [0.05, 0.1) is 6.04 Å². The number of likely N-dealkylation sites (N-methyl/N-ethyl adjacent to an activating group) is 2. The smallest absolute Gasteiger partial charge is 0.244 e. The number of amides is 3. The van der Waals surface area contributed by atoms with Crippen molar-refractivity contribution in [2.75, 3.05) is 31.4 Å². The van der Waals surface area contributed by atoms with Crippen molar-refractivity contribution < 1.29 is 14.4 Å². The van der Waals surface area contributed by atoms with Crippen molar-refractivity contribution in [2.45, 2.75) is 18.1 Å². The summed E-state index contributed by atoms with van der Waals surface area (Å²) in [5.41, 5.74) is 0. The van der Waals surface area contributed by atoms with Gasteiger partial charge in [-0.2, -0.15) is 37.9 Å². The fourth-order valence-electron chi connectivity index (χ4n) is 1.41. The monoisotopic (exact) mass is 354 g/mol. The zero-order valence-electron chi connectivity index (χ0n) is 11.9. The summed E-state index contributed by atoms with van der Waals surface area (Å²) in [6, 6.07) is -2.12. The largest absolute Gasteiger partial charge is 0.357 e. The van der Waals surface area contributed by atoms with E-state index >= 15 is 0 Å². The van der Waals surface area contributed by atoms with E-state index in [0.29, 0.717) is 5.75 Å². The van der Waals surface area contributed by atoms with Crippen LogP contribution in [0.1, 0.15) is 0 Å². The minimum absolute atomic E-state index is 0.105. The summed E-state index contributed by atoms with van der Waals surface area (Å²) in [7, 11) is 3.09. The second-order valence-electron chi connectivity index (χ2n) is 4.13. The normalized spacial score (nSPS) is 14.7. The van der Waals surface area contributed by atoms with Crippen LogP contribution in [-0.4, -0.2) is 67.2 Å². The average Bonchev–Trinajstić information content (AvgIpc) is 2.50. The molecule has 0 aliphatic heterocycles. The molecule has 0 aliphatic carbocycles. The molecule has 0 saturated heterocycles. The first-order valence-corrected chi connectivity index (χ1v) is 8.17. The van der Waals surface area contributed by atoms with E-state index in [9.17, 15) is 14.4 Å². The summed E-state index contributed by atoms with van der Waals surface area (Å²) >= 11 is 12.1. The maximum Gasteiger partial charge on any atom is 0.244 e. The number of nitrogens with one attached hydrogen (secondary N) is 4. The van der Waals surface area contributed by atoms with Crippen LogP contribution in [0.2, 0.25) is 0 Å². The van der Waals surface area contributed by atoms with Crippen molar-refractivity contribution >= 4 is 55.6 Å². The highest BCUT2D eigenvalue weighted by Crippen LogP contribution is 1.96. The second kappa shape index (κ2) is 11.0. The average molecular weight is 355 g/mol. The lowest BCUT2D eigenvalue weighted by Crippen LogP contribution is -2.57. The molecule has 3 amide bonds. The van der Waals surface area contributed by atoms with E-state index in [-0.39, 0.29) is 23.3 Å². The third-order valence-corrected chi connectivity index (χ3v) is 3.82. The van der Waals surface area contributed by atoms with Crippen molar-refractivity contribution in [1.29, 1.82) is 0 Å². The van der Waals surface area contributed by atoms with E-state index < -0.39 is 24.0 Å². The van der Waals surface area contributed by atoms with Gasteiger partial charge in [0.2, 0.25) is 17.7 Å². The van der Waals surface area contributed by atoms with Gasteiger partial charge in [0.15, 0.2) is 0 Å². The maximum absolute atomic E-state index is 12.1. The maximum atomic E-state index is 12.1. The van der Waals surface area contributed by atoms with Crippen LogP contribution < -0.4 is 21.3 Å². The van der Waals surface area contributed by atoms with Gasteiger partial charge in [0.1, 0.15) is 12.1 Å². The van der Waals surface area contributed by atoms with Gasteiger partial charge in [0.25, 0.3) is 0 Å². The van der Waals surface area contributed by atoms with Crippen LogP contribution in [0.25, 0.3) is 0 Å². The Morgan fingerprint density at radius 3 is 1.48 bits per heavy atom. The molecule has 0 radical (unpaired) electrons. The summed E-state index contributed by atoms with van der Waals surface area (Å²) in [6.07, 6.45) is 0. The van der Waals surface area contributed by atoms with Crippen molar-refractivity contribution in [1.82, 2.24) is 21.3 Å². The number of carbonyl (C=O) groups is 3. The standard InChI is InChI=1S/C11H22N4O3S3/c1-12-6(3-19)10(17)15-8(5-21)11(18)14-7(4-20)9(16)13-2/h6-8,12,19-21H,3-5H2,1-2H3,(H,13,16)(H,14,18)(H,15,17)/t6-,7-,8-/m1/s1. The lowest BCUT2D eigenvalue weighted by atomic mass is 10.2. The van der Waals surface area contributed by atoms with E-state index in [4.69, 9.17) is 0 Å². The predicted octanol–water partition coefficient (Wildman–Crippen LogP) is -1.92. The highest BCUT2D eigenvalue weighted by Gasteiger charge is 2.26. The highest BCUT2D eigenvalue weighted by atomic mass is 32.1. The molecule has 0 spiro atoms. The van der Waals surface area contributed by atoms with Crippen LogP contribution >= 0.6 is 37.9 Å². The minimum atomic E-state index is -0.844. The number of hydrogen-bond donors (Lipinski definition) is 7. The van der Waals surface area contributed by atoms with Gasteiger partial charge >= 0.3 is 0 Å². The Hall–Kier alpha value is -0.580. The molecule has 3 atom stereocenters. The fraction of sp³-hybridized carbons (Fsp3) is 0.727. The molecule has 122 valence electrons. The second-order valence-corrected chi connectivity index (χ2v) is 5.22. The lowest BCUT2D eigenvalue weighted by Gasteiger charge is -2.22. The minimum Gasteiger partial charge on any atom is -0.357 e. The first kappa shape index (κ1) is 20.4. The summed E-state index contributed by atoms with van der Waals surface area (Å²) in [4.78, 5) is 35.5. The molecule has 10 heteroatoms. The first-order chi connectivity index (χ1) is 9.94. The van der Waals surface area contributed by atoms with Gasteiger partial charge in [-0.15, -0.1) is 0 Å². The number of carbonyl (C=O) groups excluding carboxylic acids is 3. The molecule has 0 fully saturated rings. The molecule has 0 aromatic carbocycles. The zero-order chi connectivity index (χ0) is 16.4. The van der Waals surface area contributed by atoms with Crippen LogP contribution in [0.3, 0.4) is 0 Å². The van der Waals surface area contributed by atoms with Crippen LogP contribution in [0.15, 0.2) is 0 Å². The first-order valence-electron chi connectivity index (χ1n) is 6.27. The topological polar surface area (TPSA) is 99.3 Å². The van der Waals surface area contributed by atoms with Crippen molar-refractivity contribution in [3.05, 3.63) is 0 Å². The molecule has 0 saturated carbocycles. The van der Waals surface area contributed by atoms with Gasteiger partial charge in [-0.05, 0) is 7.05 Å². The van der Waals surface area contributed by atoms with E-state index in [0.717, 1.165) is 0 Å². The Morgan fingerprint density at radius 1 is 0.762 bits per heavy atom. The quantitative estimate of drug-likeness (QED) is 0.246. The van der Waals surface area contributed by atoms with E-state index in [1.807, 2.05) is 0 Å².